The lowest BCUT2D eigenvalue weighted by molar-refractivity contribution is 0.258. The Balaban J connectivity index is 2.15. The van der Waals surface area contributed by atoms with Crippen LogP contribution in [0.4, 0.5) is 0 Å². The highest BCUT2D eigenvalue weighted by Gasteiger charge is 2.28. The molecule has 0 radical (unpaired) electrons. The summed E-state index contributed by atoms with van der Waals surface area (Å²) >= 11 is 0. The molecule has 20 heavy (non-hydrogen) atoms. The van der Waals surface area contributed by atoms with E-state index in [0.29, 0.717) is 17.8 Å². The van der Waals surface area contributed by atoms with E-state index < -0.39 is 0 Å². The van der Waals surface area contributed by atoms with Gasteiger partial charge in [0.1, 0.15) is 5.84 Å². The molecule has 1 saturated heterocycles. The van der Waals surface area contributed by atoms with Crippen molar-refractivity contribution in [3.63, 3.8) is 0 Å². The molecule has 1 aliphatic heterocycles. The fourth-order valence-electron chi connectivity index (χ4n) is 3.61. The fraction of sp³-hybridized carbons (Fsp3) is 0.706. The summed E-state index contributed by atoms with van der Waals surface area (Å²) in [5.41, 5.74) is 8.51. The van der Waals surface area contributed by atoms with E-state index in [1.54, 1.807) is 0 Å². The number of nitrogens with two attached hydrogens (primary N) is 1. The van der Waals surface area contributed by atoms with E-state index in [0.717, 1.165) is 25.0 Å². The van der Waals surface area contributed by atoms with Crippen LogP contribution in [0.1, 0.15) is 52.4 Å². The van der Waals surface area contributed by atoms with Gasteiger partial charge in [-0.2, -0.15) is 0 Å². The Morgan fingerprint density at radius 1 is 1.25 bits per heavy atom. The predicted octanol–water partition coefficient (Wildman–Crippen LogP) is 3.47. The molecule has 0 spiro atoms. The van der Waals surface area contributed by atoms with E-state index in [-0.39, 0.29) is 6.04 Å². The van der Waals surface area contributed by atoms with E-state index in [1.165, 1.54) is 31.3 Å². The van der Waals surface area contributed by atoms with Crippen molar-refractivity contribution in [2.24, 2.45) is 11.7 Å². The van der Waals surface area contributed by atoms with Crippen molar-refractivity contribution in [1.82, 2.24) is 4.90 Å². The maximum atomic E-state index is 8.43. The van der Waals surface area contributed by atoms with Gasteiger partial charge in [-0.05, 0) is 63.5 Å². The van der Waals surface area contributed by atoms with Crippen LogP contribution in [0.5, 0.6) is 0 Å². The van der Waals surface area contributed by atoms with Crippen LogP contribution in [0.2, 0.25) is 0 Å². The van der Waals surface area contributed by atoms with Crippen LogP contribution in [-0.4, -0.2) is 29.4 Å². The van der Waals surface area contributed by atoms with Crippen LogP contribution < -0.4 is 5.73 Å². The monoisotopic (exact) mass is 275 g/mol. The Morgan fingerprint density at radius 2 is 2.00 bits per heavy atom. The molecule has 112 valence electrons. The van der Waals surface area contributed by atoms with E-state index in [4.69, 9.17) is 11.1 Å². The van der Waals surface area contributed by atoms with Gasteiger partial charge < -0.3 is 10.6 Å². The van der Waals surface area contributed by atoms with Gasteiger partial charge >= 0.3 is 0 Å². The molecule has 3 unspecified atom stereocenters. The molecule has 0 aromatic carbocycles. The smallest absolute Gasteiger partial charge is 0.121 e. The molecule has 0 amide bonds. The molecule has 2 fully saturated rings. The largest absolute Gasteiger partial charge is 0.354 e. The number of piperidine rings is 1. The summed E-state index contributed by atoms with van der Waals surface area (Å²) in [5.74, 6) is 1.04. The molecule has 3 heteroatoms. The summed E-state index contributed by atoms with van der Waals surface area (Å²) in [5, 5.41) is 8.43. The maximum Gasteiger partial charge on any atom is 0.121 e. The summed E-state index contributed by atoms with van der Waals surface area (Å²) in [6, 6.07) is 0.723. The van der Waals surface area contributed by atoms with Crippen molar-refractivity contribution in [3.8, 4) is 0 Å². The highest BCUT2D eigenvalue weighted by Crippen LogP contribution is 2.33. The topological polar surface area (TPSA) is 53.1 Å². The van der Waals surface area contributed by atoms with Crippen molar-refractivity contribution in [1.29, 1.82) is 5.41 Å². The summed E-state index contributed by atoms with van der Waals surface area (Å²) in [4.78, 5) is 2.23. The molecule has 3 nitrogen and oxygen atoms in total. The van der Waals surface area contributed by atoms with Crippen molar-refractivity contribution in [2.45, 2.75) is 64.5 Å². The zero-order valence-electron chi connectivity index (χ0n) is 13.0. The molecular weight excluding hydrogens is 246 g/mol. The second-order valence-corrected chi connectivity index (χ2v) is 6.50. The Morgan fingerprint density at radius 3 is 2.55 bits per heavy atom. The van der Waals surface area contributed by atoms with Crippen LogP contribution in [-0.2, 0) is 0 Å². The number of hydrogen-bond donors (Lipinski definition) is 2. The Bertz CT molecular complexity index is 410. The lowest BCUT2D eigenvalue weighted by Gasteiger charge is -2.35. The van der Waals surface area contributed by atoms with E-state index in [1.807, 2.05) is 13.0 Å². The first kappa shape index (κ1) is 15.3. The molecule has 0 bridgehead atoms. The highest BCUT2D eigenvalue weighted by molar-refractivity contribution is 5.92. The third-order valence-corrected chi connectivity index (χ3v) is 4.87. The maximum absolute atomic E-state index is 8.43. The van der Waals surface area contributed by atoms with Crippen LogP contribution in [0.3, 0.4) is 0 Å². The van der Waals surface area contributed by atoms with Gasteiger partial charge in [0.25, 0.3) is 0 Å². The second-order valence-electron chi connectivity index (χ2n) is 6.50. The molecule has 0 aromatic rings. The second kappa shape index (κ2) is 6.57. The molecule has 1 heterocycles. The van der Waals surface area contributed by atoms with Gasteiger partial charge in [0.15, 0.2) is 0 Å². The number of likely N-dealkylation sites (tertiary alicyclic amines) is 1. The fourth-order valence-corrected chi connectivity index (χ4v) is 3.61. The minimum atomic E-state index is 0.240. The molecule has 1 saturated carbocycles. The first-order valence-electron chi connectivity index (χ1n) is 7.99. The Hall–Kier alpha value is -1.09. The first-order chi connectivity index (χ1) is 9.50. The summed E-state index contributed by atoms with van der Waals surface area (Å²) in [6.45, 7) is 9.39. The van der Waals surface area contributed by atoms with Crippen molar-refractivity contribution < 1.29 is 0 Å². The predicted molar refractivity (Wildman–Crippen MR) is 86.0 cm³/mol. The number of allylic oxidation sites excluding steroid dienone is 1. The lowest BCUT2D eigenvalue weighted by Crippen LogP contribution is -2.41. The Labute approximate surface area is 123 Å². The third-order valence-electron chi connectivity index (χ3n) is 4.87. The van der Waals surface area contributed by atoms with E-state index in [2.05, 4.69) is 18.4 Å². The van der Waals surface area contributed by atoms with Crippen LogP contribution in [0, 0.1) is 11.3 Å². The molecule has 2 rings (SSSR count). The number of amidine groups is 1. The van der Waals surface area contributed by atoms with E-state index in [9.17, 15) is 0 Å². The van der Waals surface area contributed by atoms with Crippen molar-refractivity contribution in [2.75, 3.05) is 6.54 Å². The van der Waals surface area contributed by atoms with Crippen LogP contribution in [0.15, 0.2) is 23.8 Å². The first-order valence-corrected chi connectivity index (χ1v) is 7.99. The SMILES string of the molecule is C=C(C)/C(=C/C(=N)N1CCCCC1C)C1CCCC1N. The number of hydrogen-bond acceptors (Lipinski definition) is 2. The average Bonchev–Trinajstić information content (AvgIpc) is 2.82. The molecule has 3 N–H and O–H groups in total. The minimum Gasteiger partial charge on any atom is -0.354 e. The molecule has 2 aliphatic rings. The van der Waals surface area contributed by atoms with Crippen molar-refractivity contribution in [3.05, 3.63) is 23.8 Å². The van der Waals surface area contributed by atoms with Crippen molar-refractivity contribution >= 4 is 5.84 Å². The van der Waals surface area contributed by atoms with E-state index >= 15 is 0 Å². The molecule has 1 aliphatic carbocycles. The highest BCUT2D eigenvalue weighted by atomic mass is 15.2. The zero-order chi connectivity index (χ0) is 14.7. The van der Waals surface area contributed by atoms with Gasteiger partial charge in [-0.3, -0.25) is 5.41 Å². The standard InChI is InChI=1S/C17H29N3/c1-12(2)15(14-8-6-9-16(14)18)11-17(19)20-10-5-4-7-13(20)3/h11,13-14,16,19H,1,4-10,18H2,2-3H3/b15-11-,19-17?. The molecule has 3 atom stereocenters. The van der Waals surface area contributed by atoms with Crippen LogP contribution in [0.25, 0.3) is 0 Å². The normalized spacial score (nSPS) is 31.4. The summed E-state index contributed by atoms with van der Waals surface area (Å²) in [6.07, 6.45) is 9.16. The van der Waals surface area contributed by atoms with Gasteiger partial charge in [0, 0.05) is 18.6 Å². The Kier molecular flexibility index (Phi) is 5.03. The number of rotatable bonds is 3. The van der Waals surface area contributed by atoms with Crippen LogP contribution >= 0.6 is 0 Å². The minimum absolute atomic E-state index is 0.240. The van der Waals surface area contributed by atoms with Gasteiger partial charge in [0.2, 0.25) is 0 Å². The van der Waals surface area contributed by atoms with Gasteiger partial charge in [0.05, 0.1) is 0 Å². The van der Waals surface area contributed by atoms with Gasteiger partial charge in [-0.15, -0.1) is 0 Å². The van der Waals surface area contributed by atoms with Gasteiger partial charge in [-0.25, -0.2) is 0 Å². The zero-order valence-corrected chi connectivity index (χ0v) is 13.0. The third kappa shape index (κ3) is 3.32. The van der Waals surface area contributed by atoms with Gasteiger partial charge in [-0.1, -0.05) is 18.6 Å². The average molecular weight is 275 g/mol. The number of nitrogens with one attached hydrogen (secondary N) is 1. The number of nitrogens with zero attached hydrogens (tertiary/aromatic N) is 1. The lowest BCUT2D eigenvalue weighted by atomic mass is 9.89. The quantitative estimate of drug-likeness (QED) is 0.471. The molecular formula is C17H29N3. The summed E-state index contributed by atoms with van der Waals surface area (Å²) in [7, 11) is 0. The molecule has 0 aromatic heterocycles. The summed E-state index contributed by atoms with van der Waals surface area (Å²) < 4.78 is 0.